The Labute approximate surface area is 76.7 Å². The molecule has 0 aliphatic rings. The zero-order chi connectivity index (χ0) is 9.44. The van der Waals surface area contributed by atoms with E-state index in [1.807, 2.05) is 0 Å². The Morgan fingerprint density at radius 3 is 1.38 bits per heavy atom. The molecule has 8 N–H and O–H groups in total. The molecule has 0 amide bonds. The van der Waals surface area contributed by atoms with Gasteiger partial charge in [0.25, 0.3) is 0 Å². The number of carboxylic acid groups (broad SMARTS) is 2. The van der Waals surface area contributed by atoms with Crippen LogP contribution in [0.15, 0.2) is 24.8 Å². The van der Waals surface area contributed by atoms with Crippen molar-refractivity contribution in [3.05, 3.63) is 24.8 Å². The lowest BCUT2D eigenvalue weighted by Crippen LogP contribution is -1.92. The van der Waals surface area contributed by atoms with Crippen LogP contribution in [0.3, 0.4) is 0 Å². The number of rotatable bonds is 2. The summed E-state index contributed by atoms with van der Waals surface area (Å²) in [7, 11) is 0. The van der Waals surface area contributed by atoms with E-state index in [1.54, 1.807) is 0 Å². The molecule has 0 heterocycles. The molecular formula is C7H16N2O4. The number of hydrogen-bond donors (Lipinski definition) is 4. The van der Waals surface area contributed by atoms with Gasteiger partial charge in [0.1, 0.15) is 0 Å². The smallest absolute Gasteiger partial charge is 0.330 e. The van der Waals surface area contributed by atoms with E-state index in [0.29, 0.717) is 0 Å². The Hall–Kier alpha value is -1.66. The van der Waals surface area contributed by atoms with Crippen LogP contribution in [0.25, 0.3) is 0 Å². The van der Waals surface area contributed by atoms with E-state index in [-0.39, 0.29) is 17.9 Å². The lowest BCUT2D eigenvalue weighted by molar-refractivity contribution is -0.133. The number of carbonyl (C=O) groups is 2. The van der Waals surface area contributed by atoms with Crippen molar-refractivity contribution in [3.63, 3.8) is 0 Å². The molecule has 0 fully saturated rings. The van der Waals surface area contributed by atoms with E-state index in [4.69, 9.17) is 10.2 Å². The van der Waals surface area contributed by atoms with Crippen LogP contribution in [0.5, 0.6) is 0 Å². The predicted molar refractivity (Wildman–Crippen MR) is 50.3 cm³/mol. The van der Waals surface area contributed by atoms with E-state index < -0.39 is 11.9 Å². The third-order valence-corrected chi connectivity index (χ3v) is 0.540. The average Bonchev–Trinajstić information content (AvgIpc) is 1.89. The van der Waals surface area contributed by atoms with Gasteiger partial charge in [-0.3, -0.25) is 0 Å². The number of aliphatic carboxylic acids is 2. The molecule has 0 spiro atoms. The van der Waals surface area contributed by atoms with E-state index in [2.05, 4.69) is 13.2 Å². The summed E-state index contributed by atoms with van der Waals surface area (Å²) in [6.07, 6.45) is 0.833. The predicted octanol–water partition coefficient (Wildman–Crippen LogP) is 1.23. The molecule has 0 saturated heterocycles. The van der Waals surface area contributed by atoms with Crippen molar-refractivity contribution in [2.75, 3.05) is 0 Å². The van der Waals surface area contributed by atoms with Crippen molar-refractivity contribution >= 4 is 11.9 Å². The van der Waals surface area contributed by atoms with Crippen molar-refractivity contribution in [2.45, 2.75) is 6.92 Å². The Kier molecular flexibility index (Phi) is 22.4. The van der Waals surface area contributed by atoms with Crippen molar-refractivity contribution in [1.82, 2.24) is 12.3 Å². The van der Waals surface area contributed by atoms with Crippen molar-refractivity contribution < 1.29 is 19.8 Å². The van der Waals surface area contributed by atoms with E-state index in [9.17, 15) is 9.59 Å². The van der Waals surface area contributed by atoms with E-state index in [1.165, 1.54) is 6.92 Å². The van der Waals surface area contributed by atoms with E-state index >= 15 is 0 Å². The molecule has 0 rings (SSSR count). The normalized spacial score (nSPS) is 5.92. The van der Waals surface area contributed by atoms with Crippen LogP contribution in [-0.4, -0.2) is 22.2 Å². The Morgan fingerprint density at radius 2 is 1.38 bits per heavy atom. The SMILES string of the molecule is C=C(C)C(=O)O.C=CC(=O)O.N.N. The highest BCUT2D eigenvalue weighted by atomic mass is 16.4. The molecule has 0 aromatic heterocycles. The monoisotopic (exact) mass is 192 g/mol. The van der Waals surface area contributed by atoms with Gasteiger partial charge >= 0.3 is 11.9 Å². The van der Waals surface area contributed by atoms with Crippen LogP contribution in [-0.2, 0) is 9.59 Å². The fourth-order valence-electron chi connectivity index (χ4n) is 0. The maximum atomic E-state index is 9.60. The van der Waals surface area contributed by atoms with Crippen molar-refractivity contribution in [2.24, 2.45) is 0 Å². The highest BCUT2D eigenvalue weighted by molar-refractivity contribution is 5.84. The fraction of sp³-hybridized carbons (Fsp3) is 0.143. The molecule has 0 unspecified atom stereocenters. The third-order valence-electron chi connectivity index (χ3n) is 0.540. The van der Waals surface area contributed by atoms with Crippen LogP contribution in [0.1, 0.15) is 6.92 Å². The Morgan fingerprint density at radius 1 is 1.23 bits per heavy atom. The van der Waals surface area contributed by atoms with Crippen LogP contribution < -0.4 is 12.3 Å². The molecule has 0 aromatic rings. The minimum atomic E-state index is -0.981. The molecule has 6 heteroatoms. The van der Waals surface area contributed by atoms with Gasteiger partial charge in [0, 0.05) is 11.6 Å². The first-order chi connectivity index (χ1) is 4.91. The van der Waals surface area contributed by atoms with E-state index in [0.717, 1.165) is 6.08 Å². The maximum absolute atomic E-state index is 9.60. The zero-order valence-electron chi connectivity index (χ0n) is 7.62. The number of carboxylic acids is 2. The van der Waals surface area contributed by atoms with Gasteiger partial charge in [-0.05, 0) is 6.92 Å². The molecule has 78 valence electrons. The van der Waals surface area contributed by atoms with Crippen LogP contribution >= 0.6 is 0 Å². The first-order valence-electron chi connectivity index (χ1n) is 2.66. The molecule has 0 radical (unpaired) electrons. The molecule has 0 saturated carbocycles. The first kappa shape index (κ1) is 22.5. The Bertz CT molecular complexity index is 177. The largest absolute Gasteiger partial charge is 0.478 e. The summed E-state index contributed by atoms with van der Waals surface area (Å²) < 4.78 is 0. The highest BCUT2D eigenvalue weighted by Crippen LogP contribution is 1.81. The molecule has 13 heavy (non-hydrogen) atoms. The molecule has 0 bridgehead atoms. The standard InChI is InChI=1S/C4H6O2.C3H4O2.2H3N/c1-3(2)4(5)6;1-2-3(4)5;;/h1H2,2H3,(H,5,6);2H,1H2,(H,4,5);2*1H3. The summed E-state index contributed by atoms with van der Waals surface area (Å²) >= 11 is 0. The molecule has 6 nitrogen and oxygen atoms in total. The lowest BCUT2D eigenvalue weighted by Gasteiger charge is -1.79. The van der Waals surface area contributed by atoms with Gasteiger partial charge in [-0.2, -0.15) is 0 Å². The first-order valence-corrected chi connectivity index (χ1v) is 2.66. The molecular weight excluding hydrogens is 176 g/mol. The van der Waals surface area contributed by atoms with Gasteiger partial charge in [-0.25, -0.2) is 9.59 Å². The van der Waals surface area contributed by atoms with Crippen LogP contribution in [0.2, 0.25) is 0 Å². The third kappa shape index (κ3) is 38.2. The van der Waals surface area contributed by atoms with Gasteiger partial charge in [-0.1, -0.05) is 13.2 Å². The summed E-state index contributed by atoms with van der Waals surface area (Å²) in [4.78, 5) is 18.8. The van der Waals surface area contributed by atoms with Gasteiger partial charge in [0.05, 0.1) is 0 Å². The summed E-state index contributed by atoms with van der Waals surface area (Å²) in [6, 6.07) is 0. The number of hydrogen-bond acceptors (Lipinski definition) is 4. The van der Waals surface area contributed by atoms with Gasteiger partial charge < -0.3 is 22.5 Å². The summed E-state index contributed by atoms with van der Waals surface area (Å²) in [5, 5.41) is 15.5. The Balaban J connectivity index is -0.0000000546. The van der Waals surface area contributed by atoms with Crippen LogP contribution in [0, 0.1) is 0 Å². The van der Waals surface area contributed by atoms with Gasteiger partial charge in [0.15, 0.2) is 0 Å². The summed E-state index contributed by atoms with van der Waals surface area (Å²) in [5.74, 6) is -1.92. The molecule has 0 aromatic carbocycles. The van der Waals surface area contributed by atoms with Gasteiger partial charge in [0.2, 0.25) is 0 Å². The van der Waals surface area contributed by atoms with Crippen LogP contribution in [0.4, 0.5) is 0 Å². The fourth-order valence-corrected chi connectivity index (χ4v) is 0. The second-order valence-corrected chi connectivity index (χ2v) is 1.63. The van der Waals surface area contributed by atoms with Crippen molar-refractivity contribution in [1.29, 1.82) is 0 Å². The minimum absolute atomic E-state index is 0. The molecule has 0 aliphatic carbocycles. The second-order valence-electron chi connectivity index (χ2n) is 1.63. The zero-order valence-corrected chi connectivity index (χ0v) is 7.62. The average molecular weight is 192 g/mol. The van der Waals surface area contributed by atoms with Gasteiger partial charge in [-0.15, -0.1) is 0 Å². The summed E-state index contributed by atoms with van der Waals surface area (Å²) in [5.41, 5.74) is 0.176. The second kappa shape index (κ2) is 13.0. The topological polar surface area (TPSA) is 145 Å². The maximum Gasteiger partial charge on any atom is 0.330 e. The molecule has 0 atom stereocenters. The quantitative estimate of drug-likeness (QED) is 0.484. The molecule has 0 aliphatic heterocycles. The van der Waals surface area contributed by atoms with Crippen molar-refractivity contribution in [3.8, 4) is 0 Å². The highest BCUT2D eigenvalue weighted by Gasteiger charge is 1.90. The summed E-state index contributed by atoms with van der Waals surface area (Å²) in [6.45, 7) is 7.56. The minimum Gasteiger partial charge on any atom is -0.478 e. The lowest BCUT2D eigenvalue weighted by atomic mass is 10.4.